The SMILES string of the molecule is Cc1nn(-c2cc(Cc3c(Cl)c(-c4ccc(F)cc4)nn3C)ncn2)c(C)c1C(C)(C)O. The van der Waals surface area contributed by atoms with Crippen LogP contribution in [-0.2, 0) is 19.1 Å². The van der Waals surface area contributed by atoms with Crippen LogP contribution in [0.15, 0.2) is 36.7 Å². The molecule has 0 fully saturated rings. The number of benzene rings is 1. The standard InChI is InChI=1S/C23H24ClFN6O/c1-13-20(23(3,4)32)14(2)31(28-13)19-11-17(26-12-27-19)10-18-21(24)22(29-30(18)5)15-6-8-16(25)9-7-15/h6-9,11-12,32H,10H2,1-5H3. The Bertz CT molecular complexity index is 1290. The van der Waals surface area contributed by atoms with Crippen molar-refractivity contribution in [1.82, 2.24) is 29.5 Å². The van der Waals surface area contributed by atoms with Gasteiger partial charge in [-0.2, -0.15) is 10.2 Å². The van der Waals surface area contributed by atoms with Gasteiger partial charge in [-0.3, -0.25) is 4.68 Å². The van der Waals surface area contributed by atoms with E-state index in [4.69, 9.17) is 11.6 Å². The number of rotatable bonds is 5. The largest absolute Gasteiger partial charge is 0.386 e. The first-order valence-corrected chi connectivity index (χ1v) is 10.5. The molecule has 0 aliphatic rings. The summed E-state index contributed by atoms with van der Waals surface area (Å²) in [6.45, 7) is 7.25. The minimum Gasteiger partial charge on any atom is -0.386 e. The molecule has 0 saturated carbocycles. The number of hydrogen-bond acceptors (Lipinski definition) is 5. The highest BCUT2D eigenvalue weighted by Crippen LogP contribution is 2.31. The first-order chi connectivity index (χ1) is 15.1. The van der Waals surface area contributed by atoms with Crippen molar-refractivity contribution in [1.29, 1.82) is 0 Å². The summed E-state index contributed by atoms with van der Waals surface area (Å²) < 4.78 is 16.7. The first kappa shape index (κ1) is 22.1. The van der Waals surface area contributed by atoms with Crippen LogP contribution in [0.1, 0.15) is 42.2 Å². The Balaban J connectivity index is 1.69. The summed E-state index contributed by atoms with van der Waals surface area (Å²) in [6.07, 6.45) is 1.91. The lowest BCUT2D eigenvalue weighted by Crippen LogP contribution is -2.18. The fourth-order valence-corrected chi connectivity index (χ4v) is 4.37. The zero-order valence-electron chi connectivity index (χ0n) is 18.6. The fourth-order valence-electron chi connectivity index (χ4n) is 4.04. The van der Waals surface area contributed by atoms with E-state index in [0.29, 0.717) is 23.0 Å². The molecule has 7 nitrogen and oxygen atoms in total. The Hall–Kier alpha value is -3.10. The molecule has 0 radical (unpaired) electrons. The summed E-state index contributed by atoms with van der Waals surface area (Å²) in [5, 5.41) is 20.1. The van der Waals surface area contributed by atoms with Gasteiger partial charge in [-0.1, -0.05) is 11.6 Å². The van der Waals surface area contributed by atoms with Crippen LogP contribution in [0.5, 0.6) is 0 Å². The third-order valence-electron chi connectivity index (χ3n) is 5.40. The van der Waals surface area contributed by atoms with Gasteiger partial charge in [0.05, 0.1) is 27.7 Å². The zero-order chi connectivity index (χ0) is 23.2. The van der Waals surface area contributed by atoms with Gasteiger partial charge in [0.1, 0.15) is 17.8 Å². The lowest BCUT2D eigenvalue weighted by molar-refractivity contribution is 0.0772. The predicted molar refractivity (Wildman–Crippen MR) is 120 cm³/mol. The minimum absolute atomic E-state index is 0.313. The van der Waals surface area contributed by atoms with Crippen molar-refractivity contribution in [2.24, 2.45) is 7.05 Å². The molecule has 1 aromatic carbocycles. The van der Waals surface area contributed by atoms with Crippen LogP contribution in [0.2, 0.25) is 5.02 Å². The van der Waals surface area contributed by atoms with Crippen LogP contribution in [0.3, 0.4) is 0 Å². The molecule has 0 amide bonds. The average molecular weight is 455 g/mol. The van der Waals surface area contributed by atoms with Crippen LogP contribution in [0.25, 0.3) is 17.1 Å². The van der Waals surface area contributed by atoms with E-state index in [0.717, 1.165) is 33.9 Å². The maximum atomic E-state index is 13.3. The van der Waals surface area contributed by atoms with Gasteiger partial charge in [-0.15, -0.1) is 0 Å². The monoisotopic (exact) mass is 454 g/mol. The lowest BCUT2D eigenvalue weighted by Gasteiger charge is -2.18. The molecule has 0 saturated heterocycles. The number of aryl methyl sites for hydroxylation is 2. The van der Waals surface area contributed by atoms with E-state index in [2.05, 4.69) is 20.2 Å². The molecule has 1 N–H and O–H groups in total. The van der Waals surface area contributed by atoms with Crippen molar-refractivity contribution < 1.29 is 9.50 Å². The van der Waals surface area contributed by atoms with Gasteiger partial charge in [0.15, 0.2) is 5.82 Å². The van der Waals surface area contributed by atoms with Gasteiger partial charge in [0, 0.05) is 36.4 Å². The topological polar surface area (TPSA) is 81.7 Å². The van der Waals surface area contributed by atoms with Gasteiger partial charge >= 0.3 is 0 Å². The maximum Gasteiger partial charge on any atom is 0.157 e. The third kappa shape index (κ3) is 4.03. The highest BCUT2D eigenvalue weighted by Gasteiger charge is 2.26. The van der Waals surface area contributed by atoms with Crippen LogP contribution >= 0.6 is 11.6 Å². The second-order valence-corrected chi connectivity index (χ2v) is 8.68. The number of halogens is 2. The summed E-state index contributed by atoms with van der Waals surface area (Å²) in [5.74, 6) is 0.287. The molecule has 0 spiro atoms. The number of hydrogen-bond donors (Lipinski definition) is 1. The Kier molecular flexibility index (Phi) is 5.60. The summed E-state index contributed by atoms with van der Waals surface area (Å²) in [4.78, 5) is 8.76. The van der Waals surface area contributed by atoms with Crippen LogP contribution < -0.4 is 0 Å². The van der Waals surface area contributed by atoms with E-state index in [1.54, 1.807) is 35.3 Å². The summed E-state index contributed by atoms with van der Waals surface area (Å²) in [7, 11) is 1.81. The summed E-state index contributed by atoms with van der Waals surface area (Å²) in [5.41, 5.74) is 4.17. The van der Waals surface area contributed by atoms with E-state index in [1.807, 2.05) is 27.0 Å². The molecule has 3 heterocycles. The summed E-state index contributed by atoms with van der Waals surface area (Å²) in [6, 6.07) is 7.91. The molecule has 3 aromatic heterocycles. The molecule has 0 aliphatic carbocycles. The number of aromatic nitrogens is 6. The van der Waals surface area contributed by atoms with Crippen molar-refractivity contribution in [2.75, 3.05) is 0 Å². The molecular formula is C23H24ClFN6O. The van der Waals surface area contributed by atoms with E-state index in [-0.39, 0.29) is 5.82 Å². The number of aliphatic hydroxyl groups is 1. The second-order valence-electron chi connectivity index (χ2n) is 8.30. The van der Waals surface area contributed by atoms with Gasteiger partial charge in [-0.05, 0) is 52.0 Å². The molecule has 32 heavy (non-hydrogen) atoms. The van der Waals surface area contributed by atoms with Crippen molar-refractivity contribution in [3.63, 3.8) is 0 Å². The Morgan fingerprint density at radius 1 is 1.09 bits per heavy atom. The van der Waals surface area contributed by atoms with Crippen molar-refractivity contribution >= 4 is 11.6 Å². The molecular weight excluding hydrogens is 431 g/mol. The molecule has 0 unspecified atom stereocenters. The molecule has 0 atom stereocenters. The number of nitrogens with zero attached hydrogens (tertiary/aromatic N) is 6. The van der Waals surface area contributed by atoms with Crippen molar-refractivity contribution in [3.05, 3.63) is 75.8 Å². The average Bonchev–Trinajstić information content (AvgIpc) is 3.18. The zero-order valence-corrected chi connectivity index (χ0v) is 19.3. The smallest absolute Gasteiger partial charge is 0.157 e. The van der Waals surface area contributed by atoms with Gasteiger partial charge in [0.2, 0.25) is 0 Å². The molecule has 9 heteroatoms. The van der Waals surface area contributed by atoms with Crippen LogP contribution in [0.4, 0.5) is 4.39 Å². The van der Waals surface area contributed by atoms with E-state index in [1.165, 1.54) is 18.5 Å². The molecule has 0 aliphatic heterocycles. The van der Waals surface area contributed by atoms with E-state index < -0.39 is 5.60 Å². The van der Waals surface area contributed by atoms with E-state index in [9.17, 15) is 9.50 Å². The maximum absolute atomic E-state index is 13.3. The van der Waals surface area contributed by atoms with Crippen LogP contribution in [-0.4, -0.2) is 34.6 Å². The second kappa shape index (κ2) is 8.11. The summed E-state index contributed by atoms with van der Waals surface area (Å²) >= 11 is 6.64. The highest BCUT2D eigenvalue weighted by molar-refractivity contribution is 6.33. The third-order valence-corrected chi connectivity index (χ3v) is 5.79. The van der Waals surface area contributed by atoms with E-state index >= 15 is 0 Å². The molecule has 4 rings (SSSR count). The predicted octanol–water partition coefficient (Wildman–Crippen LogP) is 4.29. The molecule has 4 aromatic rings. The molecule has 0 bridgehead atoms. The van der Waals surface area contributed by atoms with Gasteiger partial charge in [-0.25, -0.2) is 19.0 Å². The van der Waals surface area contributed by atoms with Crippen molar-refractivity contribution in [3.8, 4) is 17.1 Å². The Labute approximate surface area is 190 Å². The fraction of sp³-hybridized carbons (Fsp3) is 0.304. The Morgan fingerprint density at radius 3 is 2.41 bits per heavy atom. The first-order valence-electron chi connectivity index (χ1n) is 10.1. The quantitative estimate of drug-likeness (QED) is 0.486. The normalized spacial score (nSPS) is 11.9. The molecule has 166 valence electrons. The van der Waals surface area contributed by atoms with Gasteiger partial charge in [0.25, 0.3) is 0 Å². The lowest BCUT2D eigenvalue weighted by atomic mass is 9.96. The van der Waals surface area contributed by atoms with Crippen LogP contribution in [0, 0.1) is 19.7 Å². The van der Waals surface area contributed by atoms with Gasteiger partial charge < -0.3 is 5.11 Å². The Morgan fingerprint density at radius 2 is 1.78 bits per heavy atom. The van der Waals surface area contributed by atoms with Crippen molar-refractivity contribution in [2.45, 2.75) is 39.7 Å². The highest BCUT2D eigenvalue weighted by atomic mass is 35.5. The minimum atomic E-state index is -1.01.